The van der Waals surface area contributed by atoms with Gasteiger partial charge in [0.2, 0.25) is 0 Å². The summed E-state index contributed by atoms with van der Waals surface area (Å²) in [6.45, 7) is 5.45. The number of nitrogens with one attached hydrogen (secondary N) is 1. The van der Waals surface area contributed by atoms with Crippen molar-refractivity contribution in [3.05, 3.63) is 83.9 Å². The molecule has 122 valence electrons. The zero-order chi connectivity index (χ0) is 16.4. The first-order valence-corrected chi connectivity index (χ1v) is 8.79. The molecule has 2 heteroatoms. The lowest BCUT2D eigenvalue weighted by molar-refractivity contribution is 0.161. The molecule has 1 N–H and O–H groups in total. The first-order valence-electron chi connectivity index (χ1n) is 8.79. The highest BCUT2D eigenvalue weighted by Crippen LogP contribution is 2.27. The third kappa shape index (κ3) is 3.21. The van der Waals surface area contributed by atoms with Crippen LogP contribution in [0.5, 0.6) is 0 Å². The molecule has 1 heterocycles. The molecule has 1 fully saturated rings. The van der Waals surface area contributed by atoms with E-state index in [4.69, 9.17) is 0 Å². The van der Waals surface area contributed by atoms with Gasteiger partial charge in [0.05, 0.1) is 0 Å². The Morgan fingerprint density at radius 1 is 0.875 bits per heavy atom. The van der Waals surface area contributed by atoms with Crippen LogP contribution in [0.2, 0.25) is 0 Å². The molecule has 1 aliphatic rings. The molecule has 2 unspecified atom stereocenters. The normalized spacial score (nSPS) is 21.9. The van der Waals surface area contributed by atoms with Gasteiger partial charge < -0.3 is 5.32 Å². The molecule has 3 aromatic rings. The Hall–Kier alpha value is -2.16. The maximum atomic E-state index is 3.80. The number of hydrogen-bond acceptors (Lipinski definition) is 2. The van der Waals surface area contributed by atoms with Crippen molar-refractivity contribution in [3.63, 3.8) is 0 Å². The van der Waals surface area contributed by atoms with E-state index in [1.54, 1.807) is 0 Å². The predicted octanol–water partition coefficient (Wildman–Crippen LogP) is 4.37. The lowest BCUT2D eigenvalue weighted by atomic mass is 9.96. The van der Waals surface area contributed by atoms with Crippen molar-refractivity contribution in [2.75, 3.05) is 13.1 Å². The van der Waals surface area contributed by atoms with Crippen LogP contribution in [0.15, 0.2) is 72.8 Å². The summed E-state index contributed by atoms with van der Waals surface area (Å²) in [4.78, 5) is 2.57. The van der Waals surface area contributed by atoms with Gasteiger partial charge in [0.1, 0.15) is 0 Å². The van der Waals surface area contributed by atoms with E-state index in [0.717, 1.165) is 19.6 Å². The Morgan fingerprint density at radius 2 is 1.62 bits per heavy atom. The SMILES string of the molecule is CC1CN(Cc2ccccc2)CC(c2cccc3ccccc23)N1. The van der Waals surface area contributed by atoms with Gasteiger partial charge >= 0.3 is 0 Å². The van der Waals surface area contributed by atoms with Gasteiger partial charge in [0.25, 0.3) is 0 Å². The molecule has 0 spiro atoms. The number of nitrogens with zero attached hydrogens (tertiary/aromatic N) is 1. The Kier molecular flexibility index (Phi) is 4.33. The number of fused-ring (bicyclic) bond motifs is 1. The van der Waals surface area contributed by atoms with Gasteiger partial charge in [-0.25, -0.2) is 0 Å². The Labute approximate surface area is 144 Å². The summed E-state index contributed by atoms with van der Waals surface area (Å²) in [5, 5.41) is 6.49. The quantitative estimate of drug-likeness (QED) is 0.771. The molecule has 0 saturated carbocycles. The van der Waals surface area contributed by atoms with Gasteiger partial charge in [0.15, 0.2) is 0 Å². The smallest absolute Gasteiger partial charge is 0.0458 e. The Morgan fingerprint density at radius 3 is 2.50 bits per heavy atom. The molecule has 0 amide bonds. The van der Waals surface area contributed by atoms with Crippen LogP contribution in [-0.4, -0.2) is 24.0 Å². The molecular weight excluding hydrogens is 292 g/mol. The highest BCUT2D eigenvalue weighted by Gasteiger charge is 2.26. The fraction of sp³-hybridized carbons (Fsp3) is 0.273. The Bertz CT molecular complexity index is 807. The molecule has 2 nitrogen and oxygen atoms in total. The molecule has 0 aliphatic carbocycles. The van der Waals surface area contributed by atoms with Crippen molar-refractivity contribution in [1.82, 2.24) is 10.2 Å². The highest BCUT2D eigenvalue weighted by atomic mass is 15.2. The maximum absolute atomic E-state index is 3.80. The molecule has 0 aromatic heterocycles. The third-order valence-electron chi connectivity index (χ3n) is 4.91. The van der Waals surface area contributed by atoms with E-state index in [1.807, 2.05) is 0 Å². The molecule has 24 heavy (non-hydrogen) atoms. The van der Waals surface area contributed by atoms with Crippen LogP contribution >= 0.6 is 0 Å². The van der Waals surface area contributed by atoms with Crippen molar-refractivity contribution in [2.45, 2.75) is 25.6 Å². The minimum Gasteiger partial charge on any atom is -0.305 e. The molecule has 1 saturated heterocycles. The second-order valence-electron chi connectivity index (χ2n) is 6.87. The van der Waals surface area contributed by atoms with Gasteiger partial charge in [0, 0.05) is 31.7 Å². The van der Waals surface area contributed by atoms with Gasteiger partial charge in [-0.2, -0.15) is 0 Å². The minimum absolute atomic E-state index is 0.378. The van der Waals surface area contributed by atoms with Gasteiger partial charge in [-0.3, -0.25) is 4.90 Å². The predicted molar refractivity (Wildman–Crippen MR) is 101 cm³/mol. The number of hydrogen-bond donors (Lipinski definition) is 1. The summed E-state index contributed by atoms with van der Waals surface area (Å²) in [5.74, 6) is 0. The summed E-state index contributed by atoms with van der Waals surface area (Å²) in [6, 6.07) is 27.0. The van der Waals surface area contributed by atoms with Gasteiger partial charge in [-0.15, -0.1) is 0 Å². The van der Waals surface area contributed by atoms with Crippen molar-refractivity contribution in [3.8, 4) is 0 Å². The fourth-order valence-corrected chi connectivity index (χ4v) is 3.88. The van der Waals surface area contributed by atoms with Crippen LogP contribution in [0.25, 0.3) is 10.8 Å². The van der Waals surface area contributed by atoms with E-state index in [-0.39, 0.29) is 0 Å². The average molecular weight is 316 g/mol. The first kappa shape index (κ1) is 15.4. The van der Waals surface area contributed by atoms with Gasteiger partial charge in [-0.1, -0.05) is 72.8 Å². The summed E-state index contributed by atoms with van der Waals surface area (Å²) in [7, 11) is 0. The van der Waals surface area contributed by atoms with E-state index in [2.05, 4.69) is 89.9 Å². The van der Waals surface area contributed by atoms with E-state index in [1.165, 1.54) is 21.9 Å². The zero-order valence-electron chi connectivity index (χ0n) is 14.2. The van der Waals surface area contributed by atoms with Crippen LogP contribution in [0.1, 0.15) is 24.1 Å². The van der Waals surface area contributed by atoms with E-state index >= 15 is 0 Å². The Balaban J connectivity index is 1.60. The van der Waals surface area contributed by atoms with Crippen molar-refractivity contribution >= 4 is 10.8 Å². The highest BCUT2D eigenvalue weighted by molar-refractivity contribution is 5.86. The van der Waals surface area contributed by atoms with Crippen LogP contribution in [-0.2, 0) is 6.54 Å². The number of rotatable bonds is 3. The average Bonchev–Trinajstić information content (AvgIpc) is 2.61. The molecular formula is C22H24N2. The molecule has 3 aromatic carbocycles. The molecule has 1 aliphatic heterocycles. The van der Waals surface area contributed by atoms with E-state index in [9.17, 15) is 0 Å². The maximum Gasteiger partial charge on any atom is 0.0458 e. The van der Waals surface area contributed by atoms with E-state index in [0.29, 0.717) is 12.1 Å². The van der Waals surface area contributed by atoms with Crippen LogP contribution < -0.4 is 5.32 Å². The van der Waals surface area contributed by atoms with Crippen molar-refractivity contribution in [1.29, 1.82) is 0 Å². The monoisotopic (exact) mass is 316 g/mol. The summed E-state index contributed by atoms with van der Waals surface area (Å²) in [6.07, 6.45) is 0. The topological polar surface area (TPSA) is 15.3 Å². The number of benzene rings is 3. The lowest BCUT2D eigenvalue weighted by Gasteiger charge is -2.38. The minimum atomic E-state index is 0.378. The van der Waals surface area contributed by atoms with Gasteiger partial charge in [-0.05, 0) is 28.8 Å². The number of piperazine rings is 1. The van der Waals surface area contributed by atoms with Crippen molar-refractivity contribution in [2.24, 2.45) is 0 Å². The molecule has 0 radical (unpaired) electrons. The van der Waals surface area contributed by atoms with Crippen LogP contribution in [0, 0.1) is 0 Å². The summed E-state index contributed by atoms with van der Waals surface area (Å²) < 4.78 is 0. The zero-order valence-corrected chi connectivity index (χ0v) is 14.2. The second-order valence-corrected chi connectivity index (χ2v) is 6.87. The summed E-state index contributed by atoms with van der Waals surface area (Å²) in [5.41, 5.74) is 2.81. The molecule has 4 rings (SSSR count). The second kappa shape index (κ2) is 6.76. The van der Waals surface area contributed by atoms with Crippen LogP contribution in [0.4, 0.5) is 0 Å². The standard InChI is InChI=1S/C22H24N2/c1-17-14-24(15-18-8-3-2-4-9-18)16-22(23-17)21-13-7-11-19-10-5-6-12-20(19)21/h2-13,17,22-23H,14-16H2,1H3. The fourth-order valence-electron chi connectivity index (χ4n) is 3.88. The third-order valence-corrected chi connectivity index (χ3v) is 4.91. The molecule has 2 atom stereocenters. The first-order chi connectivity index (χ1) is 11.8. The summed E-state index contributed by atoms with van der Waals surface area (Å²) >= 11 is 0. The largest absolute Gasteiger partial charge is 0.305 e. The van der Waals surface area contributed by atoms with E-state index < -0.39 is 0 Å². The lowest BCUT2D eigenvalue weighted by Crippen LogP contribution is -2.50. The molecule has 0 bridgehead atoms. The van der Waals surface area contributed by atoms with Crippen LogP contribution in [0.3, 0.4) is 0 Å². The van der Waals surface area contributed by atoms with Crippen molar-refractivity contribution < 1.29 is 0 Å².